The van der Waals surface area contributed by atoms with Crippen LogP contribution >= 0.6 is 23.2 Å². The molecule has 0 fully saturated rings. The number of benzene rings is 2. The Labute approximate surface area is 128 Å². The minimum absolute atomic E-state index is 0.00283. The lowest BCUT2D eigenvalue weighted by molar-refractivity contribution is 0.103. The second-order valence-corrected chi connectivity index (χ2v) is 5.96. The van der Waals surface area contributed by atoms with Gasteiger partial charge in [-0.3, -0.25) is 4.79 Å². The maximum Gasteiger partial charge on any atom is 0.193 e. The number of carbonyl (C=O) groups is 1. The van der Waals surface area contributed by atoms with E-state index in [-0.39, 0.29) is 5.78 Å². The Balaban J connectivity index is 1.95. The zero-order valence-electron chi connectivity index (χ0n) is 11.0. The smallest absolute Gasteiger partial charge is 0.193 e. The average Bonchev–Trinajstić information content (AvgIpc) is 2.49. The lowest BCUT2D eigenvalue weighted by atomic mass is 9.89. The van der Waals surface area contributed by atoms with Crippen LogP contribution < -0.4 is 0 Å². The van der Waals surface area contributed by atoms with Gasteiger partial charge in [-0.2, -0.15) is 0 Å². The third-order valence-corrected chi connectivity index (χ3v) is 4.53. The molecule has 3 rings (SSSR count). The van der Waals surface area contributed by atoms with Crippen molar-refractivity contribution < 1.29 is 4.79 Å². The fourth-order valence-electron chi connectivity index (χ4n) is 2.68. The van der Waals surface area contributed by atoms with Gasteiger partial charge in [-0.15, -0.1) is 0 Å². The highest BCUT2D eigenvalue weighted by Crippen LogP contribution is 2.26. The topological polar surface area (TPSA) is 17.1 Å². The Kier molecular flexibility index (Phi) is 3.82. The van der Waals surface area contributed by atoms with E-state index >= 15 is 0 Å². The van der Waals surface area contributed by atoms with E-state index in [4.69, 9.17) is 23.2 Å². The summed E-state index contributed by atoms with van der Waals surface area (Å²) < 4.78 is 0. The zero-order valence-corrected chi connectivity index (χ0v) is 12.5. The van der Waals surface area contributed by atoms with Crippen LogP contribution in [0.15, 0.2) is 36.4 Å². The monoisotopic (exact) mass is 304 g/mol. The molecule has 1 aliphatic rings. The molecule has 20 heavy (non-hydrogen) atoms. The molecule has 0 spiro atoms. The number of fused-ring (bicyclic) bond motifs is 1. The van der Waals surface area contributed by atoms with Gasteiger partial charge in [-0.05, 0) is 61.1 Å². The first kappa shape index (κ1) is 13.7. The van der Waals surface area contributed by atoms with Crippen molar-refractivity contribution in [3.05, 3.63) is 68.7 Å². The minimum Gasteiger partial charge on any atom is -0.289 e. The Morgan fingerprint density at radius 3 is 2.20 bits per heavy atom. The lowest BCUT2D eigenvalue weighted by Gasteiger charge is -2.16. The van der Waals surface area contributed by atoms with Crippen LogP contribution in [0.3, 0.4) is 0 Å². The molecule has 2 aromatic rings. The molecule has 0 radical (unpaired) electrons. The molecule has 0 saturated carbocycles. The molecule has 1 aliphatic carbocycles. The van der Waals surface area contributed by atoms with Crippen molar-refractivity contribution in [2.24, 2.45) is 0 Å². The Bertz CT molecular complexity index is 677. The van der Waals surface area contributed by atoms with Gasteiger partial charge in [0.1, 0.15) is 0 Å². The largest absolute Gasteiger partial charge is 0.289 e. The Morgan fingerprint density at radius 2 is 1.45 bits per heavy atom. The van der Waals surface area contributed by atoms with E-state index in [0.29, 0.717) is 15.6 Å². The van der Waals surface area contributed by atoms with E-state index < -0.39 is 0 Å². The van der Waals surface area contributed by atoms with Crippen LogP contribution in [-0.2, 0) is 12.8 Å². The van der Waals surface area contributed by atoms with Crippen molar-refractivity contribution in [3.8, 4) is 0 Å². The summed E-state index contributed by atoms with van der Waals surface area (Å²) in [7, 11) is 0. The molecule has 0 heterocycles. The molecule has 0 atom stereocenters. The van der Waals surface area contributed by atoms with Crippen LogP contribution in [-0.4, -0.2) is 5.78 Å². The van der Waals surface area contributed by atoms with Gasteiger partial charge in [0.25, 0.3) is 0 Å². The normalized spacial score (nSPS) is 13.9. The Hall–Kier alpha value is -1.31. The molecular weight excluding hydrogens is 291 g/mol. The SMILES string of the molecule is O=C(c1ccc(Cl)c(Cl)c1)c1ccc2c(c1)CCCC2. The molecule has 0 saturated heterocycles. The van der Waals surface area contributed by atoms with E-state index in [9.17, 15) is 4.79 Å². The van der Waals surface area contributed by atoms with Crippen LogP contribution in [0.5, 0.6) is 0 Å². The van der Waals surface area contributed by atoms with Gasteiger partial charge < -0.3 is 0 Å². The molecule has 3 heteroatoms. The van der Waals surface area contributed by atoms with Crippen molar-refractivity contribution in [1.82, 2.24) is 0 Å². The molecule has 102 valence electrons. The first-order chi connectivity index (χ1) is 9.65. The van der Waals surface area contributed by atoms with Crippen LogP contribution in [0.2, 0.25) is 10.0 Å². The predicted molar refractivity (Wildman–Crippen MR) is 83.0 cm³/mol. The second kappa shape index (κ2) is 5.59. The average molecular weight is 305 g/mol. The fraction of sp³-hybridized carbons (Fsp3) is 0.235. The summed E-state index contributed by atoms with van der Waals surface area (Å²) in [6.45, 7) is 0. The van der Waals surface area contributed by atoms with E-state index in [0.717, 1.165) is 18.4 Å². The molecule has 0 N–H and O–H groups in total. The summed E-state index contributed by atoms with van der Waals surface area (Å²) in [4.78, 5) is 12.5. The number of ketones is 1. The van der Waals surface area contributed by atoms with Crippen molar-refractivity contribution in [2.75, 3.05) is 0 Å². The summed E-state index contributed by atoms with van der Waals surface area (Å²) in [6, 6.07) is 11.0. The van der Waals surface area contributed by atoms with Crippen molar-refractivity contribution in [2.45, 2.75) is 25.7 Å². The van der Waals surface area contributed by atoms with Gasteiger partial charge >= 0.3 is 0 Å². The maximum absolute atomic E-state index is 12.5. The van der Waals surface area contributed by atoms with Gasteiger partial charge in [-0.25, -0.2) is 0 Å². The molecule has 0 aromatic heterocycles. The first-order valence-corrected chi connectivity index (χ1v) is 7.52. The number of aryl methyl sites for hydroxylation is 2. The molecule has 1 nitrogen and oxygen atoms in total. The van der Waals surface area contributed by atoms with Crippen LogP contribution in [0, 0.1) is 0 Å². The summed E-state index contributed by atoms with van der Waals surface area (Å²) in [6.07, 6.45) is 4.64. The highest BCUT2D eigenvalue weighted by Gasteiger charge is 2.15. The molecule has 0 bridgehead atoms. The van der Waals surface area contributed by atoms with Gasteiger partial charge in [0, 0.05) is 11.1 Å². The molecule has 0 unspecified atom stereocenters. The summed E-state index contributed by atoms with van der Waals surface area (Å²) in [5, 5.41) is 0.879. The van der Waals surface area contributed by atoms with E-state index in [2.05, 4.69) is 6.07 Å². The van der Waals surface area contributed by atoms with E-state index in [1.54, 1.807) is 18.2 Å². The quantitative estimate of drug-likeness (QED) is 0.705. The molecule has 0 aliphatic heterocycles. The highest BCUT2D eigenvalue weighted by molar-refractivity contribution is 6.42. The van der Waals surface area contributed by atoms with Gasteiger partial charge in [0.2, 0.25) is 0 Å². The number of hydrogen-bond donors (Lipinski definition) is 0. The zero-order chi connectivity index (χ0) is 14.1. The van der Waals surface area contributed by atoms with Crippen molar-refractivity contribution in [1.29, 1.82) is 0 Å². The number of carbonyl (C=O) groups excluding carboxylic acids is 1. The third kappa shape index (κ3) is 2.61. The van der Waals surface area contributed by atoms with Crippen molar-refractivity contribution >= 4 is 29.0 Å². The van der Waals surface area contributed by atoms with Crippen LogP contribution in [0.4, 0.5) is 0 Å². The van der Waals surface area contributed by atoms with Gasteiger partial charge in [0.05, 0.1) is 10.0 Å². The molecule has 2 aromatic carbocycles. The fourth-order valence-corrected chi connectivity index (χ4v) is 2.98. The Morgan fingerprint density at radius 1 is 0.800 bits per heavy atom. The lowest BCUT2D eigenvalue weighted by Crippen LogP contribution is -2.07. The summed E-state index contributed by atoms with van der Waals surface area (Å²) in [5.74, 6) is -0.00283. The van der Waals surface area contributed by atoms with Gasteiger partial charge in [-0.1, -0.05) is 35.3 Å². The summed E-state index contributed by atoms with van der Waals surface area (Å²) in [5.41, 5.74) is 3.99. The van der Waals surface area contributed by atoms with Crippen LogP contribution in [0.25, 0.3) is 0 Å². The molecular formula is C17H14Cl2O. The number of rotatable bonds is 2. The highest BCUT2D eigenvalue weighted by atomic mass is 35.5. The predicted octanol–water partition coefficient (Wildman–Crippen LogP) is 5.10. The third-order valence-electron chi connectivity index (χ3n) is 3.79. The second-order valence-electron chi connectivity index (χ2n) is 5.15. The number of halogens is 2. The summed E-state index contributed by atoms with van der Waals surface area (Å²) >= 11 is 11.9. The molecule has 0 amide bonds. The maximum atomic E-state index is 12.5. The van der Waals surface area contributed by atoms with Crippen LogP contribution in [0.1, 0.15) is 39.9 Å². The van der Waals surface area contributed by atoms with Crippen molar-refractivity contribution in [3.63, 3.8) is 0 Å². The van der Waals surface area contributed by atoms with E-state index in [1.807, 2.05) is 12.1 Å². The number of hydrogen-bond acceptors (Lipinski definition) is 1. The van der Waals surface area contributed by atoms with Gasteiger partial charge in [0.15, 0.2) is 5.78 Å². The van der Waals surface area contributed by atoms with E-state index in [1.165, 1.54) is 24.0 Å². The standard InChI is InChI=1S/C17H14Cl2O/c18-15-8-7-14(10-16(15)19)17(20)13-6-5-11-3-1-2-4-12(11)9-13/h5-10H,1-4H2. The first-order valence-electron chi connectivity index (χ1n) is 6.77. The minimum atomic E-state index is -0.00283.